The Bertz CT molecular complexity index is 634. The summed E-state index contributed by atoms with van der Waals surface area (Å²) in [6.45, 7) is 2.64. The average Bonchev–Trinajstić information content (AvgIpc) is 2.54. The fourth-order valence-electron chi connectivity index (χ4n) is 1.95. The van der Waals surface area contributed by atoms with E-state index in [4.69, 9.17) is 9.47 Å². The van der Waals surface area contributed by atoms with Crippen molar-refractivity contribution in [3.05, 3.63) is 59.2 Å². The minimum Gasteiger partial charge on any atom is -0.493 e. The van der Waals surface area contributed by atoms with Crippen LogP contribution in [-0.4, -0.2) is 19.2 Å². The smallest absolute Gasteiger partial charge is 0.153 e. The van der Waals surface area contributed by atoms with Gasteiger partial charge in [0.2, 0.25) is 0 Å². The zero-order chi connectivity index (χ0) is 15.1. The highest BCUT2D eigenvalue weighted by molar-refractivity contribution is 5.79. The standard InChI is InChI=1S/C17H16O4/c1-2-20-17-8-7-13(10-18)9-15(17)12-21-16-6-4-3-5-14(16)11-19/h3-11H,2,12H2,1H3. The number of aldehydes is 2. The Morgan fingerprint density at radius 3 is 2.48 bits per heavy atom. The van der Waals surface area contributed by atoms with Crippen LogP contribution in [0.25, 0.3) is 0 Å². The number of hydrogen-bond acceptors (Lipinski definition) is 4. The van der Waals surface area contributed by atoms with E-state index in [0.717, 1.165) is 18.1 Å². The summed E-state index contributed by atoms with van der Waals surface area (Å²) in [6, 6.07) is 12.2. The van der Waals surface area contributed by atoms with Gasteiger partial charge in [-0.2, -0.15) is 0 Å². The van der Waals surface area contributed by atoms with Crippen molar-refractivity contribution in [1.82, 2.24) is 0 Å². The van der Waals surface area contributed by atoms with Gasteiger partial charge < -0.3 is 9.47 Å². The van der Waals surface area contributed by atoms with Crippen LogP contribution in [0.4, 0.5) is 0 Å². The van der Waals surface area contributed by atoms with Gasteiger partial charge in [0.15, 0.2) is 6.29 Å². The molecular weight excluding hydrogens is 268 g/mol. The Morgan fingerprint density at radius 1 is 0.952 bits per heavy atom. The van der Waals surface area contributed by atoms with Crippen LogP contribution < -0.4 is 9.47 Å². The summed E-state index contributed by atoms with van der Waals surface area (Å²) < 4.78 is 11.2. The van der Waals surface area contributed by atoms with Crippen molar-refractivity contribution in [1.29, 1.82) is 0 Å². The SMILES string of the molecule is CCOc1ccc(C=O)cc1COc1ccccc1C=O. The Labute approximate surface area is 123 Å². The van der Waals surface area contributed by atoms with E-state index in [0.29, 0.717) is 29.2 Å². The molecule has 0 radical (unpaired) electrons. The first kappa shape index (κ1) is 14.8. The predicted octanol–water partition coefficient (Wildman–Crippen LogP) is 3.29. The molecule has 2 rings (SSSR count). The van der Waals surface area contributed by atoms with E-state index in [1.807, 2.05) is 6.92 Å². The van der Waals surface area contributed by atoms with Gasteiger partial charge in [-0.15, -0.1) is 0 Å². The fourth-order valence-corrected chi connectivity index (χ4v) is 1.95. The lowest BCUT2D eigenvalue weighted by Crippen LogP contribution is -2.03. The van der Waals surface area contributed by atoms with E-state index in [2.05, 4.69) is 0 Å². The first-order chi connectivity index (χ1) is 10.3. The third-order valence-corrected chi connectivity index (χ3v) is 2.95. The van der Waals surface area contributed by atoms with E-state index in [1.165, 1.54) is 0 Å². The second-order valence-corrected chi connectivity index (χ2v) is 4.36. The molecule has 0 spiro atoms. The maximum atomic E-state index is 11.0. The van der Waals surface area contributed by atoms with Gasteiger partial charge in [-0.1, -0.05) is 12.1 Å². The molecule has 0 saturated carbocycles. The van der Waals surface area contributed by atoms with Crippen LogP contribution in [-0.2, 0) is 6.61 Å². The number of rotatable bonds is 7. The average molecular weight is 284 g/mol. The van der Waals surface area contributed by atoms with Crippen LogP contribution >= 0.6 is 0 Å². The highest BCUT2D eigenvalue weighted by atomic mass is 16.5. The van der Waals surface area contributed by atoms with Crippen LogP contribution in [0.2, 0.25) is 0 Å². The Kier molecular flexibility index (Phi) is 5.10. The summed E-state index contributed by atoms with van der Waals surface area (Å²) in [5.41, 5.74) is 1.81. The molecule has 0 unspecified atom stereocenters. The highest BCUT2D eigenvalue weighted by Gasteiger charge is 2.08. The normalized spacial score (nSPS) is 9.95. The fraction of sp³-hybridized carbons (Fsp3) is 0.176. The van der Waals surface area contributed by atoms with E-state index < -0.39 is 0 Å². The molecule has 21 heavy (non-hydrogen) atoms. The predicted molar refractivity (Wildman–Crippen MR) is 79.2 cm³/mol. The van der Waals surface area contributed by atoms with E-state index >= 15 is 0 Å². The summed E-state index contributed by atoms with van der Waals surface area (Å²) in [5, 5.41) is 0. The molecule has 0 aliphatic heterocycles. The van der Waals surface area contributed by atoms with Gasteiger partial charge in [-0.05, 0) is 37.3 Å². The second-order valence-electron chi connectivity index (χ2n) is 4.36. The molecule has 0 aromatic heterocycles. The summed E-state index contributed by atoms with van der Waals surface area (Å²) in [4.78, 5) is 21.8. The van der Waals surface area contributed by atoms with Gasteiger partial charge in [0, 0.05) is 11.1 Å². The van der Waals surface area contributed by atoms with Crippen LogP contribution in [0.1, 0.15) is 33.2 Å². The zero-order valence-electron chi connectivity index (χ0n) is 11.7. The molecule has 4 nitrogen and oxygen atoms in total. The third kappa shape index (κ3) is 3.69. The van der Waals surface area contributed by atoms with E-state index in [9.17, 15) is 9.59 Å². The molecule has 0 aliphatic carbocycles. The molecule has 108 valence electrons. The molecule has 0 bridgehead atoms. The van der Waals surface area contributed by atoms with E-state index in [1.54, 1.807) is 42.5 Å². The van der Waals surface area contributed by atoms with Gasteiger partial charge in [0.05, 0.1) is 12.2 Å². The number of benzene rings is 2. The summed E-state index contributed by atoms with van der Waals surface area (Å²) in [7, 11) is 0. The molecule has 0 heterocycles. The zero-order valence-corrected chi connectivity index (χ0v) is 11.7. The summed E-state index contributed by atoms with van der Waals surface area (Å²) >= 11 is 0. The van der Waals surface area contributed by atoms with Crippen molar-refractivity contribution >= 4 is 12.6 Å². The number of carbonyl (C=O) groups is 2. The topological polar surface area (TPSA) is 52.6 Å². The molecule has 2 aromatic carbocycles. The lowest BCUT2D eigenvalue weighted by atomic mass is 10.1. The first-order valence-corrected chi connectivity index (χ1v) is 6.66. The molecular formula is C17H16O4. The molecule has 0 saturated heterocycles. The van der Waals surface area contributed by atoms with Crippen LogP contribution in [0.5, 0.6) is 11.5 Å². The van der Waals surface area contributed by atoms with Crippen LogP contribution in [0.3, 0.4) is 0 Å². The molecule has 0 amide bonds. The first-order valence-electron chi connectivity index (χ1n) is 6.66. The minimum absolute atomic E-state index is 0.224. The Morgan fingerprint density at radius 2 is 1.76 bits per heavy atom. The molecule has 2 aromatic rings. The molecule has 0 atom stereocenters. The maximum Gasteiger partial charge on any atom is 0.153 e. The largest absolute Gasteiger partial charge is 0.493 e. The van der Waals surface area contributed by atoms with Gasteiger partial charge in [0.25, 0.3) is 0 Å². The monoisotopic (exact) mass is 284 g/mol. The number of ether oxygens (including phenoxy) is 2. The number of carbonyl (C=O) groups excluding carboxylic acids is 2. The van der Waals surface area contributed by atoms with Gasteiger partial charge in [-0.3, -0.25) is 9.59 Å². The van der Waals surface area contributed by atoms with Crippen molar-refractivity contribution in [3.8, 4) is 11.5 Å². The Hall–Kier alpha value is -2.62. The lowest BCUT2D eigenvalue weighted by molar-refractivity contribution is 0.111. The summed E-state index contributed by atoms with van der Waals surface area (Å²) in [6.07, 6.45) is 1.53. The van der Waals surface area contributed by atoms with Gasteiger partial charge >= 0.3 is 0 Å². The summed E-state index contributed by atoms with van der Waals surface area (Å²) in [5.74, 6) is 1.18. The third-order valence-electron chi connectivity index (χ3n) is 2.95. The van der Waals surface area contributed by atoms with Crippen molar-refractivity contribution in [2.45, 2.75) is 13.5 Å². The Balaban J connectivity index is 2.21. The van der Waals surface area contributed by atoms with E-state index in [-0.39, 0.29) is 6.61 Å². The van der Waals surface area contributed by atoms with Gasteiger partial charge in [0.1, 0.15) is 24.4 Å². The highest BCUT2D eigenvalue weighted by Crippen LogP contribution is 2.23. The lowest BCUT2D eigenvalue weighted by Gasteiger charge is -2.13. The molecule has 0 N–H and O–H groups in total. The maximum absolute atomic E-state index is 11.0. The quantitative estimate of drug-likeness (QED) is 0.732. The van der Waals surface area contributed by atoms with Crippen LogP contribution in [0, 0.1) is 0 Å². The second kappa shape index (κ2) is 7.24. The molecule has 0 fully saturated rings. The molecule has 0 aliphatic rings. The number of para-hydroxylation sites is 1. The molecule has 4 heteroatoms. The van der Waals surface area contributed by atoms with Crippen molar-refractivity contribution in [3.63, 3.8) is 0 Å². The van der Waals surface area contributed by atoms with Crippen LogP contribution in [0.15, 0.2) is 42.5 Å². The minimum atomic E-state index is 0.224. The van der Waals surface area contributed by atoms with Crippen molar-refractivity contribution in [2.24, 2.45) is 0 Å². The van der Waals surface area contributed by atoms with Crippen molar-refractivity contribution < 1.29 is 19.1 Å². The van der Waals surface area contributed by atoms with Crippen molar-refractivity contribution in [2.75, 3.05) is 6.61 Å². The van der Waals surface area contributed by atoms with Gasteiger partial charge in [-0.25, -0.2) is 0 Å². The number of hydrogen-bond donors (Lipinski definition) is 0.